The van der Waals surface area contributed by atoms with Crippen molar-refractivity contribution in [2.24, 2.45) is 11.3 Å². The quantitative estimate of drug-likeness (QED) is 0.731. The Kier molecular flexibility index (Phi) is 4.05. The topological polar surface area (TPSA) is 37.4 Å². The van der Waals surface area contributed by atoms with Gasteiger partial charge in [-0.1, -0.05) is 26.8 Å². The zero-order chi connectivity index (χ0) is 15.1. The van der Waals surface area contributed by atoms with Crippen LogP contribution < -0.4 is 0 Å². The Bertz CT molecular complexity index is 560. The van der Waals surface area contributed by atoms with Crippen LogP contribution in [-0.4, -0.2) is 23.3 Å². The van der Waals surface area contributed by atoms with Gasteiger partial charge < -0.3 is 0 Å². The number of carbonyl (C=O) groups excluding carboxylic acids is 2. The fraction of sp³-hybridized carbons (Fsp3) is 0.500. The van der Waals surface area contributed by atoms with Crippen molar-refractivity contribution in [1.29, 1.82) is 0 Å². The van der Waals surface area contributed by atoms with E-state index in [0.717, 1.165) is 10.0 Å². The molecule has 0 saturated carbocycles. The minimum Gasteiger partial charge on any atom is -0.278 e. The van der Waals surface area contributed by atoms with Gasteiger partial charge in [0, 0.05) is 17.4 Å². The summed E-state index contributed by atoms with van der Waals surface area (Å²) in [5.74, 6) is -0.0424. The maximum absolute atomic E-state index is 12.5. The molecule has 1 saturated heterocycles. The smallest absolute Gasteiger partial charge is 0.261 e. The van der Waals surface area contributed by atoms with Crippen LogP contribution in [0.1, 0.15) is 43.1 Å². The highest BCUT2D eigenvalue weighted by Crippen LogP contribution is 2.35. The van der Waals surface area contributed by atoms with Crippen molar-refractivity contribution in [3.05, 3.63) is 33.8 Å². The molecule has 1 heterocycles. The second-order valence-corrected chi connectivity index (χ2v) is 7.41. The van der Waals surface area contributed by atoms with Crippen LogP contribution in [0.5, 0.6) is 0 Å². The Morgan fingerprint density at radius 3 is 2.50 bits per heavy atom. The van der Waals surface area contributed by atoms with E-state index in [1.165, 1.54) is 4.90 Å². The molecule has 1 aliphatic heterocycles. The lowest BCUT2D eigenvalue weighted by Gasteiger charge is -2.26. The van der Waals surface area contributed by atoms with Crippen LogP contribution in [0.25, 0.3) is 0 Å². The summed E-state index contributed by atoms with van der Waals surface area (Å²) in [7, 11) is 0. The van der Waals surface area contributed by atoms with Gasteiger partial charge in [0.1, 0.15) is 0 Å². The minimum absolute atomic E-state index is 0.0369. The van der Waals surface area contributed by atoms with Crippen LogP contribution in [0.4, 0.5) is 0 Å². The fourth-order valence-electron chi connectivity index (χ4n) is 2.42. The molecule has 1 atom stereocenters. The molecule has 2 amide bonds. The molecule has 3 nitrogen and oxygen atoms in total. The summed E-state index contributed by atoms with van der Waals surface area (Å²) < 4.78 is 0.745. The molecule has 20 heavy (non-hydrogen) atoms. The van der Waals surface area contributed by atoms with Crippen LogP contribution in [0.3, 0.4) is 0 Å². The van der Waals surface area contributed by atoms with E-state index < -0.39 is 0 Å². The van der Waals surface area contributed by atoms with E-state index in [0.29, 0.717) is 18.5 Å². The number of halogens is 1. The third kappa shape index (κ3) is 2.95. The fourth-order valence-corrected chi connectivity index (χ4v) is 3.09. The van der Waals surface area contributed by atoms with Crippen LogP contribution in [-0.2, 0) is 4.79 Å². The van der Waals surface area contributed by atoms with Crippen molar-refractivity contribution in [3.63, 3.8) is 0 Å². The molecule has 0 radical (unpaired) electrons. The van der Waals surface area contributed by atoms with Gasteiger partial charge in [-0.15, -0.1) is 0 Å². The number of nitrogens with zero attached hydrogens (tertiary/aromatic N) is 1. The van der Waals surface area contributed by atoms with Crippen molar-refractivity contribution in [3.8, 4) is 0 Å². The van der Waals surface area contributed by atoms with Gasteiger partial charge in [-0.25, -0.2) is 0 Å². The van der Waals surface area contributed by atoms with Crippen molar-refractivity contribution < 1.29 is 9.59 Å². The first-order chi connectivity index (χ1) is 9.20. The molecule has 1 aliphatic rings. The van der Waals surface area contributed by atoms with E-state index in [-0.39, 0.29) is 23.1 Å². The molecule has 0 N–H and O–H groups in total. The lowest BCUT2D eigenvalue weighted by molar-refractivity contribution is -0.125. The van der Waals surface area contributed by atoms with Crippen molar-refractivity contribution in [2.45, 2.75) is 34.1 Å². The minimum atomic E-state index is -0.200. The first-order valence-electron chi connectivity index (χ1n) is 6.81. The molecule has 1 aromatic rings. The second kappa shape index (κ2) is 5.32. The summed E-state index contributed by atoms with van der Waals surface area (Å²) >= 11 is 3.41. The zero-order valence-corrected chi connectivity index (χ0v) is 14.0. The summed E-state index contributed by atoms with van der Waals surface area (Å²) in [6.07, 6.45) is 0.457. The number of benzene rings is 1. The SMILES string of the molecule is Cc1ccc(C(=O)N2CC(C(C)(C)C)CC2=O)c(Br)c1. The van der Waals surface area contributed by atoms with Gasteiger partial charge in [-0.05, 0) is 51.9 Å². The number of rotatable bonds is 1. The van der Waals surface area contributed by atoms with E-state index in [1.807, 2.05) is 19.1 Å². The monoisotopic (exact) mass is 337 g/mol. The summed E-state index contributed by atoms with van der Waals surface area (Å²) in [4.78, 5) is 26.0. The Morgan fingerprint density at radius 2 is 2.00 bits per heavy atom. The summed E-state index contributed by atoms with van der Waals surface area (Å²) in [5, 5.41) is 0. The molecule has 1 aromatic carbocycles. The van der Waals surface area contributed by atoms with Gasteiger partial charge in [-0.3, -0.25) is 14.5 Å². The highest BCUT2D eigenvalue weighted by atomic mass is 79.9. The maximum atomic E-state index is 12.5. The summed E-state index contributed by atoms with van der Waals surface area (Å²) in [6.45, 7) is 8.82. The number of hydrogen-bond acceptors (Lipinski definition) is 2. The lowest BCUT2D eigenvalue weighted by atomic mass is 9.80. The maximum Gasteiger partial charge on any atom is 0.261 e. The number of carbonyl (C=O) groups is 2. The molecule has 0 aliphatic carbocycles. The standard InChI is InChI=1S/C16H20BrNO2/c1-10-5-6-12(13(17)7-10)15(20)18-9-11(8-14(18)19)16(2,3)4/h5-7,11H,8-9H2,1-4H3. The number of hydrogen-bond donors (Lipinski definition) is 0. The first-order valence-corrected chi connectivity index (χ1v) is 7.60. The van der Waals surface area contributed by atoms with Gasteiger partial charge in [0.15, 0.2) is 0 Å². The van der Waals surface area contributed by atoms with Gasteiger partial charge in [-0.2, -0.15) is 0 Å². The lowest BCUT2D eigenvalue weighted by Crippen LogP contribution is -2.33. The van der Waals surface area contributed by atoms with E-state index >= 15 is 0 Å². The molecule has 2 rings (SSSR count). The van der Waals surface area contributed by atoms with Crippen LogP contribution >= 0.6 is 15.9 Å². The highest BCUT2D eigenvalue weighted by molar-refractivity contribution is 9.10. The number of likely N-dealkylation sites (tertiary alicyclic amines) is 1. The van der Waals surface area contributed by atoms with Crippen LogP contribution in [0.15, 0.2) is 22.7 Å². The van der Waals surface area contributed by atoms with E-state index in [4.69, 9.17) is 0 Å². The molecule has 0 aromatic heterocycles. The van der Waals surface area contributed by atoms with Gasteiger partial charge in [0.25, 0.3) is 5.91 Å². The van der Waals surface area contributed by atoms with Crippen molar-refractivity contribution in [2.75, 3.05) is 6.54 Å². The molecule has 1 fully saturated rings. The van der Waals surface area contributed by atoms with Crippen molar-refractivity contribution in [1.82, 2.24) is 4.90 Å². The molecular formula is C16H20BrNO2. The number of amides is 2. The van der Waals surface area contributed by atoms with Crippen LogP contribution in [0.2, 0.25) is 0 Å². The third-order valence-electron chi connectivity index (χ3n) is 3.95. The zero-order valence-electron chi connectivity index (χ0n) is 12.4. The largest absolute Gasteiger partial charge is 0.278 e. The Hall–Kier alpha value is -1.16. The predicted octanol–water partition coefficient (Wildman–Crippen LogP) is 3.79. The first kappa shape index (κ1) is 15.2. The Labute approximate surface area is 128 Å². The van der Waals surface area contributed by atoms with E-state index in [1.54, 1.807) is 6.07 Å². The summed E-state index contributed by atoms with van der Waals surface area (Å²) in [6, 6.07) is 5.56. The third-order valence-corrected chi connectivity index (χ3v) is 4.61. The van der Waals surface area contributed by atoms with E-state index in [2.05, 4.69) is 36.7 Å². The number of imide groups is 1. The second-order valence-electron chi connectivity index (χ2n) is 6.56. The van der Waals surface area contributed by atoms with Crippen molar-refractivity contribution >= 4 is 27.7 Å². The average molecular weight is 338 g/mol. The van der Waals surface area contributed by atoms with Gasteiger partial charge in [0.2, 0.25) is 5.91 Å². The van der Waals surface area contributed by atoms with Crippen LogP contribution in [0, 0.1) is 18.3 Å². The molecule has 108 valence electrons. The molecule has 4 heteroatoms. The van der Waals surface area contributed by atoms with Gasteiger partial charge in [0.05, 0.1) is 5.56 Å². The Morgan fingerprint density at radius 1 is 1.35 bits per heavy atom. The molecule has 1 unspecified atom stereocenters. The average Bonchev–Trinajstić information content (AvgIpc) is 2.70. The van der Waals surface area contributed by atoms with Gasteiger partial charge >= 0.3 is 0 Å². The normalized spacial score (nSPS) is 19.6. The predicted molar refractivity (Wildman–Crippen MR) is 82.5 cm³/mol. The molecular weight excluding hydrogens is 318 g/mol. The molecule has 0 bridgehead atoms. The Balaban J connectivity index is 2.24. The van der Waals surface area contributed by atoms with E-state index in [9.17, 15) is 9.59 Å². The summed E-state index contributed by atoms with van der Waals surface area (Å²) in [5.41, 5.74) is 1.67. The molecule has 0 spiro atoms. The highest BCUT2D eigenvalue weighted by Gasteiger charge is 2.40. The number of aryl methyl sites for hydroxylation is 1.